The first-order valence-corrected chi connectivity index (χ1v) is 15.5. The number of amides is 2. The summed E-state index contributed by atoms with van der Waals surface area (Å²) in [6, 6.07) is 18.1. The molecule has 0 fully saturated rings. The Morgan fingerprint density at radius 3 is 2.05 bits per heavy atom. The van der Waals surface area contributed by atoms with E-state index < -0.39 is 34.1 Å². The van der Waals surface area contributed by atoms with Crippen LogP contribution >= 0.6 is 11.6 Å². The van der Waals surface area contributed by atoms with Crippen LogP contribution in [0.15, 0.2) is 71.6 Å². The highest BCUT2D eigenvalue weighted by Gasteiger charge is 2.34. The van der Waals surface area contributed by atoms with Gasteiger partial charge in [-0.05, 0) is 101 Å². The van der Waals surface area contributed by atoms with Crippen molar-refractivity contribution in [1.29, 1.82) is 0 Å². The van der Waals surface area contributed by atoms with E-state index in [4.69, 9.17) is 11.6 Å². The summed E-state index contributed by atoms with van der Waals surface area (Å²) in [5.74, 6) is -0.800. The predicted octanol–water partition coefficient (Wildman–Crippen LogP) is 6.18. The summed E-state index contributed by atoms with van der Waals surface area (Å²) in [7, 11) is -4.12. The van der Waals surface area contributed by atoms with Gasteiger partial charge in [-0.25, -0.2) is 8.42 Å². The second-order valence-corrected chi connectivity index (χ2v) is 13.7. The standard InChI is InChI=1S/C32H40ClN3O4S/c1-8-29(31(38)34-32(5,6)7)35(20-25-12-14-26(33)15-13-25)30(37)21-36(27-16-11-23(3)24(4)19-27)41(39,40)28-17-9-22(2)10-18-28/h9-19,29H,8,20-21H2,1-7H3,(H,34,38). The first-order valence-electron chi connectivity index (χ1n) is 13.6. The molecule has 0 spiro atoms. The minimum Gasteiger partial charge on any atom is -0.350 e. The number of nitrogens with zero attached hydrogens (tertiary/aromatic N) is 2. The van der Waals surface area contributed by atoms with Crippen LogP contribution in [0.2, 0.25) is 5.02 Å². The average molecular weight is 598 g/mol. The first-order chi connectivity index (χ1) is 19.1. The summed E-state index contributed by atoms with van der Waals surface area (Å²) in [4.78, 5) is 29.1. The maximum absolute atomic E-state index is 14.2. The summed E-state index contributed by atoms with van der Waals surface area (Å²) in [6.45, 7) is 12.8. The number of aryl methyl sites for hydroxylation is 3. The van der Waals surface area contributed by atoms with Crippen LogP contribution in [0.4, 0.5) is 5.69 Å². The number of hydrogen-bond acceptors (Lipinski definition) is 4. The van der Waals surface area contributed by atoms with Gasteiger partial charge in [-0.15, -0.1) is 0 Å². The molecule has 1 unspecified atom stereocenters. The summed E-state index contributed by atoms with van der Waals surface area (Å²) >= 11 is 6.08. The first kappa shape index (κ1) is 32.2. The van der Waals surface area contributed by atoms with E-state index in [1.54, 1.807) is 60.7 Å². The monoisotopic (exact) mass is 597 g/mol. The van der Waals surface area contributed by atoms with Crippen LogP contribution in [0.3, 0.4) is 0 Å². The van der Waals surface area contributed by atoms with Crippen molar-refractivity contribution >= 4 is 39.1 Å². The lowest BCUT2D eigenvalue weighted by Gasteiger charge is -2.35. The third kappa shape index (κ3) is 8.33. The van der Waals surface area contributed by atoms with Crippen LogP contribution in [0, 0.1) is 20.8 Å². The number of rotatable bonds is 10. The molecule has 1 N–H and O–H groups in total. The Kier molecular flexibility index (Phi) is 10.3. The zero-order valence-electron chi connectivity index (χ0n) is 24.9. The number of halogens is 1. The van der Waals surface area contributed by atoms with Crippen molar-refractivity contribution in [3.8, 4) is 0 Å². The van der Waals surface area contributed by atoms with Gasteiger partial charge in [0.25, 0.3) is 10.0 Å². The molecular weight excluding hydrogens is 558 g/mol. The fraction of sp³-hybridized carbons (Fsp3) is 0.375. The fourth-order valence-electron chi connectivity index (χ4n) is 4.41. The zero-order valence-corrected chi connectivity index (χ0v) is 26.4. The Morgan fingerprint density at radius 2 is 1.51 bits per heavy atom. The molecule has 7 nitrogen and oxygen atoms in total. The van der Waals surface area contributed by atoms with Crippen LogP contribution in [-0.2, 0) is 26.2 Å². The number of sulfonamides is 1. The van der Waals surface area contributed by atoms with Crippen LogP contribution in [0.5, 0.6) is 0 Å². The molecule has 2 amide bonds. The molecule has 3 aromatic rings. The molecule has 0 aromatic heterocycles. The molecule has 0 heterocycles. The Morgan fingerprint density at radius 1 is 0.902 bits per heavy atom. The van der Waals surface area contributed by atoms with Gasteiger partial charge in [-0.2, -0.15) is 0 Å². The number of carbonyl (C=O) groups excluding carboxylic acids is 2. The van der Waals surface area contributed by atoms with Crippen LogP contribution < -0.4 is 9.62 Å². The Hall–Kier alpha value is -3.36. The molecule has 0 bridgehead atoms. The number of anilines is 1. The topological polar surface area (TPSA) is 86.8 Å². The van der Waals surface area contributed by atoms with Gasteiger partial charge in [0.05, 0.1) is 10.6 Å². The molecular formula is C32H40ClN3O4S. The van der Waals surface area contributed by atoms with E-state index in [-0.39, 0.29) is 17.3 Å². The van der Waals surface area contributed by atoms with E-state index in [9.17, 15) is 18.0 Å². The van der Waals surface area contributed by atoms with Crippen molar-refractivity contribution in [2.24, 2.45) is 0 Å². The molecule has 0 saturated carbocycles. The van der Waals surface area contributed by atoms with Crippen molar-refractivity contribution in [2.45, 2.75) is 77.9 Å². The minimum atomic E-state index is -4.12. The van der Waals surface area contributed by atoms with E-state index in [1.807, 2.05) is 54.5 Å². The fourth-order valence-corrected chi connectivity index (χ4v) is 5.94. The molecule has 9 heteroatoms. The number of carbonyl (C=O) groups is 2. The van der Waals surface area contributed by atoms with E-state index in [0.29, 0.717) is 17.1 Å². The largest absolute Gasteiger partial charge is 0.350 e. The second-order valence-electron chi connectivity index (χ2n) is 11.4. The number of nitrogens with one attached hydrogen (secondary N) is 1. The van der Waals surface area contributed by atoms with Crippen molar-refractivity contribution in [3.63, 3.8) is 0 Å². The van der Waals surface area contributed by atoms with Gasteiger partial charge in [0.15, 0.2) is 0 Å². The van der Waals surface area contributed by atoms with Crippen molar-refractivity contribution in [2.75, 3.05) is 10.8 Å². The van der Waals surface area contributed by atoms with Crippen molar-refractivity contribution < 1.29 is 18.0 Å². The van der Waals surface area contributed by atoms with Crippen molar-refractivity contribution in [1.82, 2.24) is 10.2 Å². The van der Waals surface area contributed by atoms with Gasteiger partial charge in [0.2, 0.25) is 11.8 Å². The molecule has 220 valence electrons. The van der Waals surface area contributed by atoms with Gasteiger partial charge in [0.1, 0.15) is 12.6 Å². The smallest absolute Gasteiger partial charge is 0.264 e. The van der Waals surface area contributed by atoms with Gasteiger partial charge >= 0.3 is 0 Å². The zero-order chi connectivity index (χ0) is 30.5. The van der Waals surface area contributed by atoms with Crippen LogP contribution in [0.1, 0.15) is 56.4 Å². The molecule has 41 heavy (non-hydrogen) atoms. The summed E-state index contributed by atoms with van der Waals surface area (Å²) < 4.78 is 29.2. The van der Waals surface area contributed by atoms with E-state index in [1.165, 1.54) is 4.90 Å². The van der Waals surface area contributed by atoms with E-state index in [2.05, 4.69) is 5.32 Å². The summed E-state index contributed by atoms with van der Waals surface area (Å²) in [5.41, 5.74) is 3.45. The molecule has 0 radical (unpaired) electrons. The number of hydrogen-bond donors (Lipinski definition) is 1. The Labute approximate surface area is 249 Å². The third-order valence-corrected chi connectivity index (χ3v) is 8.86. The molecule has 1 atom stereocenters. The van der Waals surface area contributed by atoms with Crippen LogP contribution in [0.25, 0.3) is 0 Å². The lowest BCUT2D eigenvalue weighted by Crippen LogP contribution is -2.55. The Bertz CT molecular complexity index is 1480. The highest BCUT2D eigenvalue weighted by molar-refractivity contribution is 7.92. The van der Waals surface area contributed by atoms with Gasteiger partial charge in [-0.1, -0.05) is 54.4 Å². The lowest BCUT2D eigenvalue weighted by molar-refractivity contribution is -0.141. The van der Waals surface area contributed by atoms with Crippen molar-refractivity contribution in [3.05, 3.63) is 94.0 Å². The highest BCUT2D eigenvalue weighted by atomic mass is 35.5. The maximum atomic E-state index is 14.2. The molecule has 0 aliphatic rings. The average Bonchev–Trinajstić information content (AvgIpc) is 2.89. The van der Waals surface area contributed by atoms with Gasteiger partial charge in [-0.3, -0.25) is 13.9 Å². The summed E-state index contributed by atoms with van der Waals surface area (Å²) in [5, 5.41) is 3.52. The normalized spacial score (nSPS) is 12.5. The number of benzene rings is 3. The van der Waals surface area contributed by atoms with Gasteiger partial charge < -0.3 is 10.2 Å². The molecule has 0 aliphatic carbocycles. The van der Waals surface area contributed by atoms with Gasteiger partial charge in [0, 0.05) is 17.1 Å². The molecule has 3 aromatic carbocycles. The maximum Gasteiger partial charge on any atom is 0.264 e. The van der Waals surface area contributed by atoms with E-state index in [0.717, 1.165) is 26.6 Å². The van der Waals surface area contributed by atoms with Crippen LogP contribution in [-0.4, -0.2) is 43.3 Å². The molecule has 0 aliphatic heterocycles. The SMILES string of the molecule is CCC(C(=O)NC(C)(C)C)N(Cc1ccc(Cl)cc1)C(=O)CN(c1ccc(C)c(C)c1)S(=O)(=O)c1ccc(C)cc1. The lowest BCUT2D eigenvalue weighted by atomic mass is 10.1. The quantitative estimate of drug-likeness (QED) is 0.302. The highest BCUT2D eigenvalue weighted by Crippen LogP contribution is 2.27. The molecule has 3 rings (SSSR count). The van der Waals surface area contributed by atoms with E-state index >= 15 is 0 Å². The predicted molar refractivity (Wildman–Crippen MR) is 166 cm³/mol. The molecule has 0 saturated heterocycles. The second kappa shape index (κ2) is 13.1. The third-order valence-electron chi connectivity index (χ3n) is 6.82. The minimum absolute atomic E-state index is 0.0795. The Balaban J connectivity index is 2.09. The summed E-state index contributed by atoms with van der Waals surface area (Å²) in [6.07, 6.45) is 0.343.